The Labute approximate surface area is 232 Å². The Hall–Kier alpha value is -3.22. The third kappa shape index (κ3) is 4.61. The highest BCUT2D eigenvalue weighted by atomic mass is 32.1. The predicted octanol–water partition coefficient (Wildman–Crippen LogP) is 4.48. The molecule has 1 spiro atoms. The summed E-state index contributed by atoms with van der Waals surface area (Å²) < 4.78 is 42.9. The van der Waals surface area contributed by atoms with Gasteiger partial charge in [0.2, 0.25) is 5.95 Å². The molecular formula is C27H30F3N7O2S. The lowest BCUT2D eigenvalue weighted by molar-refractivity contribution is -0.119. The third-order valence-corrected chi connectivity index (χ3v) is 10.3. The number of ketones is 1. The van der Waals surface area contributed by atoms with Crippen LogP contribution in [-0.4, -0.2) is 49.0 Å². The van der Waals surface area contributed by atoms with Gasteiger partial charge in [0.25, 0.3) is 12.3 Å². The molecule has 4 aliphatic rings. The molecule has 0 aliphatic heterocycles. The number of halogens is 3. The van der Waals surface area contributed by atoms with E-state index < -0.39 is 12.6 Å². The smallest absolute Gasteiger partial charge is 0.282 e. The van der Waals surface area contributed by atoms with Crippen molar-refractivity contribution in [1.29, 1.82) is 0 Å². The lowest BCUT2D eigenvalue weighted by Gasteiger charge is -2.25. The molecule has 3 fully saturated rings. The maximum absolute atomic E-state index is 13.5. The highest BCUT2D eigenvalue weighted by Crippen LogP contribution is 2.71. The van der Waals surface area contributed by atoms with Crippen molar-refractivity contribution >= 4 is 34.8 Å². The second-order valence-electron chi connectivity index (χ2n) is 11.7. The van der Waals surface area contributed by atoms with Crippen LogP contribution < -0.4 is 10.6 Å². The van der Waals surface area contributed by atoms with Crippen molar-refractivity contribution in [2.75, 3.05) is 11.9 Å². The molecule has 4 atom stereocenters. The molecule has 40 heavy (non-hydrogen) atoms. The van der Waals surface area contributed by atoms with Crippen LogP contribution in [0, 0.1) is 17.3 Å². The standard InChI is InChI=1S/C27H30F3N7O2S/c1-36-22(8-18(35-36)24(29)30)33-26-34-32-12-37(26)14-2-3-20-15(7-14)23(25(39)31-11-13-6-17(13)28)21(40-20)9-19(38)16-10-27(16)4-5-27/h8,12-14,16-17,24H,2-7,9-11H2,1H3,(H,31,39)(H,33,34)/t13-,14+,16-,17+/m1/s1. The molecule has 3 saturated carbocycles. The quantitative estimate of drug-likeness (QED) is 0.370. The zero-order valence-corrected chi connectivity index (χ0v) is 22.8. The maximum Gasteiger partial charge on any atom is 0.282 e. The highest BCUT2D eigenvalue weighted by Gasteiger charge is 2.65. The Morgan fingerprint density at radius 2 is 2.10 bits per heavy atom. The summed E-state index contributed by atoms with van der Waals surface area (Å²) in [5, 5.41) is 18.0. The number of carbonyl (C=O) groups is 2. The van der Waals surface area contributed by atoms with E-state index in [1.165, 1.54) is 10.7 Å². The van der Waals surface area contributed by atoms with Crippen LogP contribution in [0.4, 0.5) is 24.9 Å². The molecule has 0 unspecified atom stereocenters. The lowest BCUT2D eigenvalue weighted by Crippen LogP contribution is -2.29. The molecule has 3 heterocycles. The van der Waals surface area contributed by atoms with Gasteiger partial charge in [-0.3, -0.25) is 18.8 Å². The first-order valence-electron chi connectivity index (χ1n) is 13.8. The van der Waals surface area contributed by atoms with Gasteiger partial charge in [-0.1, -0.05) is 0 Å². The largest absolute Gasteiger partial charge is 0.352 e. The molecule has 212 valence electrons. The molecule has 0 radical (unpaired) electrons. The van der Waals surface area contributed by atoms with Gasteiger partial charge in [0.15, 0.2) is 0 Å². The van der Waals surface area contributed by atoms with Crippen molar-refractivity contribution in [1.82, 2.24) is 29.9 Å². The first kappa shape index (κ1) is 25.7. The van der Waals surface area contributed by atoms with Crippen LogP contribution in [-0.2, 0) is 31.1 Å². The van der Waals surface area contributed by atoms with Gasteiger partial charge in [0.1, 0.15) is 29.8 Å². The second-order valence-corrected chi connectivity index (χ2v) is 12.9. The first-order chi connectivity index (χ1) is 19.2. The van der Waals surface area contributed by atoms with Gasteiger partial charge in [-0.25, -0.2) is 13.2 Å². The predicted molar refractivity (Wildman–Crippen MR) is 141 cm³/mol. The summed E-state index contributed by atoms with van der Waals surface area (Å²) in [6.07, 6.45) is 4.02. The number of amides is 1. The van der Waals surface area contributed by atoms with E-state index in [0.29, 0.717) is 30.2 Å². The van der Waals surface area contributed by atoms with E-state index in [1.54, 1.807) is 24.7 Å². The van der Waals surface area contributed by atoms with Crippen molar-refractivity contribution in [3.63, 3.8) is 0 Å². The number of fused-ring (bicyclic) bond motifs is 1. The maximum atomic E-state index is 13.5. The molecule has 1 amide bonds. The number of carbonyl (C=O) groups excluding carboxylic acids is 2. The minimum Gasteiger partial charge on any atom is -0.352 e. The number of nitrogens with one attached hydrogen (secondary N) is 2. The number of thiophene rings is 1. The van der Waals surface area contributed by atoms with E-state index in [0.717, 1.165) is 47.4 Å². The van der Waals surface area contributed by atoms with Crippen LogP contribution in [0.1, 0.15) is 75.9 Å². The number of hydrogen-bond acceptors (Lipinski definition) is 7. The van der Waals surface area contributed by atoms with Crippen molar-refractivity contribution in [3.05, 3.63) is 39.0 Å². The zero-order valence-electron chi connectivity index (χ0n) is 22.0. The number of aryl methyl sites for hydroxylation is 2. The summed E-state index contributed by atoms with van der Waals surface area (Å²) in [6, 6.07) is 1.19. The van der Waals surface area contributed by atoms with Gasteiger partial charge in [-0.05, 0) is 55.9 Å². The number of hydrogen-bond donors (Lipinski definition) is 2. The van der Waals surface area contributed by atoms with Crippen LogP contribution in [0.2, 0.25) is 0 Å². The lowest BCUT2D eigenvalue weighted by atomic mass is 9.89. The highest BCUT2D eigenvalue weighted by molar-refractivity contribution is 7.12. The van der Waals surface area contributed by atoms with Crippen LogP contribution in [0.25, 0.3) is 0 Å². The number of aromatic nitrogens is 5. The van der Waals surface area contributed by atoms with Crippen molar-refractivity contribution < 1.29 is 22.8 Å². The number of nitrogens with zero attached hydrogens (tertiary/aromatic N) is 5. The van der Waals surface area contributed by atoms with E-state index >= 15 is 0 Å². The summed E-state index contributed by atoms with van der Waals surface area (Å²) >= 11 is 1.55. The first-order valence-corrected chi connectivity index (χ1v) is 14.6. The van der Waals surface area contributed by atoms with E-state index in [9.17, 15) is 22.8 Å². The molecule has 7 rings (SSSR count). The Morgan fingerprint density at radius 1 is 1.30 bits per heavy atom. The van der Waals surface area contributed by atoms with E-state index in [1.807, 2.05) is 4.57 Å². The molecule has 3 aromatic rings. The van der Waals surface area contributed by atoms with Gasteiger partial charge in [-0.2, -0.15) is 5.10 Å². The van der Waals surface area contributed by atoms with Crippen molar-refractivity contribution in [3.8, 4) is 0 Å². The van der Waals surface area contributed by atoms with Gasteiger partial charge in [-0.15, -0.1) is 21.5 Å². The molecule has 3 aromatic heterocycles. The van der Waals surface area contributed by atoms with Crippen LogP contribution in [0.15, 0.2) is 12.4 Å². The van der Waals surface area contributed by atoms with Gasteiger partial charge >= 0.3 is 0 Å². The van der Waals surface area contributed by atoms with Gasteiger partial charge in [0, 0.05) is 53.7 Å². The Morgan fingerprint density at radius 3 is 2.77 bits per heavy atom. The molecule has 9 nitrogen and oxygen atoms in total. The Kier molecular flexibility index (Phi) is 6.06. The number of alkyl halides is 3. The molecule has 0 bridgehead atoms. The molecule has 4 aliphatic carbocycles. The van der Waals surface area contributed by atoms with Crippen molar-refractivity contribution in [2.45, 2.75) is 70.0 Å². The third-order valence-electron chi connectivity index (χ3n) is 9.03. The summed E-state index contributed by atoms with van der Waals surface area (Å²) in [5.41, 5.74) is 1.41. The average Bonchev–Trinajstić information content (AvgIpc) is 3.86. The summed E-state index contributed by atoms with van der Waals surface area (Å²) in [5.74, 6) is 0.709. The van der Waals surface area contributed by atoms with E-state index in [-0.39, 0.29) is 53.6 Å². The monoisotopic (exact) mass is 573 g/mol. The number of rotatable bonds is 10. The molecule has 0 aromatic carbocycles. The van der Waals surface area contributed by atoms with Crippen molar-refractivity contribution in [2.24, 2.45) is 24.3 Å². The fourth-order valence-electron chi connectivity index (χ4n) is 6.21. The summed E-state index contributed by atoms with van der Waals surface area (Å²) in [6.45, 7) is 0.290. The number of anilines is 2. The average molecular weight is 574 g/mol. The van der Waals surface area contributed by atoms with Crippen LogP contribution in [0.5, 0.6) is 0 Å². The van der Waals surface area contributed by atoms with Gasteiger partial charge < -0.3 is 10.6 Å². The number of Topliss-reactive ketones (excluding diaryl/α,β-unsaturated/α-hetero) is 1. The summed E-state index contributed by atoms with van der Waals surface area (Å²) in [4.78, 5) is 28.5. The SMILES string of the molecule is Cn1nc(C(F)F)cc1Nc1nncn1[C@H]1CCc2sc(CC(=O)[C@H]3CC34CC4)c(C(=O)NC[C@H]3C[C@@H]3F)c2C1. The van der Waals surface area contributed by atoms with E-state index in [2.05, 4.69) is 25.9 Å². The second kappa shape index (κ2) is 9.42. The molecular weight excluding hydrogens is 543 g/mol. The fraction of sp³-hybridized carbons (Fsp3) is 0.593. The van der Waals surface area contributed by atoms with Gasteiger partial charge in [0.05, 0.1) is 5.56 Å². The minimum atomic E-state index is -2.69. The molecule has 2 N–H and O–H groups in total. The Balaban J connectivity index is 1.14. The normalized spacial score (nSPS) is 25.6. The summed E-state index contributed by atoms with van der Waals surface area (Å²) in [7, 11) is 1.57. The molecule has 0 saturated heterocycles. The molecule has 13 heteroatoms. The zero-order chi connectivity index (χ0) is 27.8. The Bertz CT molecular complexity index is 1490. The van der Waals surface area contributed by atoms with Crippen LogP contribution in [0.3, 0.4) is 0 Å². The van der Waals surface area contributed by atoms with E-state index in [4.69, 9.17) is 0 Å². The van der Waals surface area contributed by atoms with Crippen LogP contribution >= 0.6 is 11.3 Å². The topological polar surface area (TPSA) is 107 Å². The minimum absolute atomic E-state index is 0.0886. The fourth-order valence-corrected chi connectivity index (χ4v) is 7.56.